The number of aromatic nitrogens is 2. The van der Waals surface area contributed by atoms with Gasteiger partial charge in [-0.05, 0) is 232 Å². The third-order valence-electron chi connectivity index (χ3n) is 22.9. The zero-order chi connectivity index (χ0) is 74.9. The quantitative estimate of drug-likeness (QED) is 0.114. The fourth-order valence-corrected chi connectivity index (χ4v) is 18.0. The Kier molecular flexibility index (Phi) is 16.9. The highest BCUT2D eigenvalue weighted by Crippen LogP contribution is 2.48. The molecule has 0 amide bonds. The van der Waals surface area contributed by atoms with Gasteiger partial charge in [0.25, 0.3) is 0 Å². The molecule has 0 bridgehead atoms. The predicted octanol–water partition coefficient (Wildman–Crippen LogP) is 30.4. The van der Waals surface area contributed by atoms with Crippen LogP contribution >= 0.6 is 0 Å². The number of aryl methyl sites for hydroxylation is 4. The molecule has 0 aliphatic heterocycles. The average molecular weight is 1430 g/mol. The van der Waals surface area contributed by atoms with Crippen molar-refractivity contribution in [1.29, 1.82) is 0 Å². The van der Waals surface area contributed by atoms with Gasteiger partial charge in [-0.3, -0.25) is 0 Å². The molecule has 0 spiro atoms. The van der Waals surface area contributed by atoms with Crippen molar-refractivity contribution < 1.29 is 0 Å². The number of nitrogens with zero attached hydrogens (tertiary/aromatic N) is 2. The summed E-state index contributed by atoms with van der Waals surface area (Å²) in [5, 5.41) is 15.2. The highest BCUT2D eigenvalue weighted by molar-refractivity contribution is 6.23. The first-order valence-corrected chi connectivity index (χ1v) is 38.9. The number of hydrogen-bond acceptors (Lipinski definition) is 0. The molecule has 0 radical (unpaired) electrons. The minimum atomic E-state index is 1.17. The van der Waals surface area contributed by atoms with Crippen LogP contribution in [0.2, 0.25) is 0 Å². The van der Waals surface area contributed by atoms with Gasteiger partial charge >= 0.3 is 0 Å². The van der Waals surface area contributed by atoms with Crippen molar-refractivity contribution in [2.75, 3.05) is 0 Å². The van der Waals surface area contributed by atoms with E-state index in [2.05, 4.69) is 437 Å². The molecule has 19 aromatic carbocycles. The zero-order valence-corrected chi connectivity index (χ0v) is 63.0. The molecule has 2 nitrogen and oxygen atoms in total. The van der Waals surface area contributed by atoms with Gasteiger partial charge in [-0.25, -0.2) is 0 Å². The second-order valence-electron chi connectivity index (χ2n) is 30.2. The Morgan fingerprint density at radius 2 is 0.330 bits per heavy atom. The predicted molar refractivity (Wildman–Crippen MR) is 479 cm³/mol. The Bertz CT molecular complexity index is 7050. The highest BCUT2D eigenvalue weighted by atomic mass is 15.0. The van der Waals surface area contributed by atoms with Gasteiger partial charge in [0.1, 0.15) is 0 Å². The maximum atomic E-state index is 2.37. The van der Waals surface area contributed by atoms with Crippen molar-refractivity contribution in [3.8, 4) is 112 Å². The van der Waals surface area contributed by atoms with E-state index in [1.807, 2.05) is 0 Å². The summed E-state index contributed by atoms with van der Waals surface area (Å²) in [6.07, 6.45) is 0. The minimum Gasteiger partial charge on any atom is -0.309 e. The van der Waals surface area contributed by atoms with Crippen LogP contribution in [0.4, 0.5) is 0 Å². The molecule has 21 aromatic rings. The first kappa shape index (κ1) is 67.2. The Morgan fingerprint density at radius 1 is 0.134 bits per heavy atom. The SMILES string of the molecule is Cc1cc(C)cc(-c2ccc(-c3c4ccccc4c(-c4ccc(-c5ccc6c(c5)c5ccccc5n6-c5ccccc5)cc4)c4ccccc34)cc2)c1.Cc1cc(C)cc(-c2ccc(-c3ccc(-c4c5ccccc5c(-c5ccc(-c6ccc7c(c6)c6ccccc6n7-c6ccccc6)cc5)c5ccccc45)cc3)cc2)c1. The summed E-state index contributed by atoms with van der Waals surface area (Å²) in [6, 6.07) is 147. The van der Waals surface area contributed by atoms with Gasteiger partial charge < -0.3 is 9.13 Å². The fourth-order valence-electron chi connectivity index (χ4n) is 18.0. The van der Waals surface area contributed by atoms with E-state index in [-0.39, 0.29) is 0 Å². The lowest BCUT2D eigenvalue weighted by Crippen LogP contribution is -1.92. The molecule has 0 N–H and O–H groups in total. The Morgan fingerprint density at radius 3 is 0.598 bits per heavy atom. The van der Waals surface area contributed by atoms with Crippen LogP contribution in [0, 0.1) is 27.7 Å². The molecule has 0 atom stereocenters. The summed E-state index contributed by atoms with van der Waals surface area (Å²) in [5.41, 5.74) is 34.7. The standard InChI is InChI=1S/C58H41N.C52H37N/c1-38-34-39(2)36-47(35-38)43-22-20-40(21-23-43)41-24-28-44(29-25-41)57-50-15-6-8-17-52(50)58(53-18-9-7-16-51(53)57)45-30-26-42(27-31-45)46-32-33-56-54(37-46)49-14-10-11-19-55(49)59(56)48-12-4-3-5-13-48;1-34-30-35(2)32-41(31-34)37-22-26-39(27-23-37)52-46-17-8-6-15-44(46)51(45-16-7-9-18-47(45)52)38-24-20-36(21-25-38)40-28-29-50-48(33-40)43-14-10-11-19-49(43)53(50)42-12-4-3-5-13-42/h3-37H,1-2H3;3-33H,1-2H3. The number of rotatable bonds is 11. The number of hydrogen-bond donors (Lipinski definition) is 0. The van der Waals surface area contributed by atoms with E-state index in [0.717, 1.165) is 0 Å². The monoisotopic (exact) mass is 1430 g/mol. The molecule has 0 saturated heterocycles. The van der Waals surface area contributed by atoms with E-state index >= 15 is 0 Å². The van der Waals surface area contributed by atoms with E-state index in [9.17, 15) is 0 Å². The highest BCUT2D eigenvalue weighted by Gasteiger charge is 2.22. The molecule has 0 aliphatic rings. The summed E-state index contributed by atoms with van der Waals surface area (Å²) in [4.78, 5) is 0. The summed E-state index contributed by atoms with van der Waals surface area (Å²) in [5.74, 6) is 0. The van der Waals surface area contributed by atoms with Crippen molar-refractivity contribution in [3.05, 3.63) is 423 Å². The molecule has 0 saturated carbocycles. The van der Waals surface area contributed by atoms with Crippen LogP contribution in [0.15, 0.2) is 400 Å². The molecular weight excluding hydrogens is 1350 g/mol. The second-order valence-corrected chi connectivity index (χ2v) is 30.2. The van der Waals surface area contributed by atoms with E-state index in [0.29, 0.717) is 0 Å². The van der Waals surface area contributed by atoms with Crippen LogP contribution in [0.25, 0.3) is 198 Å². The first-order valence-electron chi connectivity index (χ1n) is 38.9. The lowest BCUT2D eigenvalue weighted by atomic mass is 9.85. The van der Waals surface area contributed by atoms with Crippen LogP contribution in [0.5, 0.6) is 0 Å². The molecule has 528 valence electrons. The Hall–Kier alpha value is -14.2. The third kappa shape index (κ3) is 12.0. The second kappa shape index (κ2) is 28.1. The van der Waals surface area contributed by atoms with Gasteiger partial charge in [-0.15, -0.1) is 0 Å². The normalized spacial score (nSPS) is 11.6. The van der Waals surface area contributed by atoms with Gasteiger partial charge in [0.05, 0.1) is 22.1 Å². The number of para-hydroxylation sites is 4. The smallest absolute Gasteiger partial charge is 0.0541 e. The molecule has 2 aromatic heterocycles. The molecule has 0 unspecified atom stereocenters. The molecule has 0 fully saturated rings. The van der Waals surface area contributed by atoms with Gasteiger partial charge in [-0.1, -0.05) is 362 Å². The van der Waals surface area contributed by atoms with Crippen LogP contribution < -0.4 is 0 Å². The average Bonchev–Trinajstić information content (AvgIpc) is 1.00. The van der Waals surface area contributed by atoms with Crippen LogP contribution in [-0.4, -0.2) is 9.13 Å². The minimum absolute atomic E-state index is 1.17. The molecule has 0 aliphatic carbocycles. The zero-order valence-electron chi connectivity index (χ0n) is 63.0. The lowest BCUT2D eigenvalue weighted by molar-refractivity contribution is 1.18. The summed E-state index contributed by atoms with van der Waals surface area (Å²) >= 11 is 0. The summed E-state index contributed by atoms with van der Waals surface area (Å²) < 4.78 is 4.74. The fraction of sp³-hybridized carbons (Fsp3) is 0.0364. The maximum absolute atomic E-state index is 2.37. The van der Waals surface area contributed by atoms with Crippen LogP contribution in [0.3, 0.4) is 0 Å². The van der Waals surface area contributed by atoms with Crippen molar-refractivity contribution in [1.82, 2.24) is 9.13 Å². The largest absolute Gasteiger partial charge is 0.309 e. The molecular formula is C110H78N2. The Labute approximate surface area is 653 Å². The van der Waals surface area contributed by atoms with Gasteiger partial charge in [0, 0.05) is 32.9 Å². The van der Waals surface area contributed by atoms with Gasteiger partial charge in [0.2, 0.25) is 0 Å². The number of fused-ring (bicyclic) bond motifs is 10. The third-order valence-corrected chi connectivity index (χ3v) is 22.9. The molecule has 112 heavy (non-hydrogen) atoms. The van der Waals surface area contributed by atoms with Gasteiger partial charge in [-0.2, -0.15) is 0 Å². The summed E-state index contributed by atoms with van der Waals surface area (Å²) in [6.45, 7) is 8.67. The topological polar surface area (TPSA) is 9.86 Å². The maximum Gasteiger partial charge on any atom is 0.0541 e. The Balaban J connectivity index is 0.000000147. The number of benzene rings is 19. The first-order chi connectivity index (χ1) is 55.2. The van der Waals surface area contributed by atoms with Crippen molar-refractivity contribution in [3.63, 3.8) is 0 Å². The molecule has 2 heteroatoms. The van der Waals surface area contributed by atoms with E-state index in [1.54, 1.807) is 0 Å². The van der Waals surface area contributed by atoms with E-state index < -0.39 is 0 Å². The summed E-state index contributed by atoms with van der Waals surface area (Å²) in [7, 11) is 0. The van der Waals surface area contributed by atoms with Crippen molar-refractivity contribution in [2.24, 2.45) is 0 Å². The van der Waals surface area contributed by atoms with Crippen molar-refractivity contribution >= 4 is 86.7 Å². The van der Waals surface area contributed by atoms with Gasteiger partial charge in [0.15, 0.2) is 0 Å². The van der Waals surface area contributed by atoms with Crippen molar-refractivity contribution in [2.45, 2.75) is 27.7 Å². The van der Waals surface area contributed by atoms with E-state index in [1.165, 1.54) is 220 Å². The molecule has 2 heterocycles. The molecule has 21 rings (SSSR count). The lowest BCUT2D eigenvalue weighted by Gasteiger charge is -2.18. The van der Waals surface area contributed by atoms with E-state index in [4.69, 9.17) is 0 Å². The van der Waals surface area contributed by atoms with Crippen LogP contribution in [-0.2, 0) is 0 Å². The van der Waals surface area contributed by atoms with Crippen LogP contribution in [0.1, 0.15) is 22.3 Å².